The van der Waals surface area contributed by atoms with E-state index < -0.39 is 14.9 Å². The number of aromatic nitrogens is 1. The molecular weight excluding hydrogens is 852 g/mol. The fourth-order valence-electron chi connectivity index (χ4n) is 7.96. The maximum absolute atomic E-state index is 13.9. The zero-order chi connectivity index (χ0) is 45.5. The molecule has 2 heterocycles. The van der Waals surface area contributed by atoms with E-state index in [4.69, 9.17) is 0 Å². The van der Waals surface area contributed by atoms with Crippen LogP contribution in [0.2, 0.25) is 0 Å². The Morgan fingerprint density at radius 3 is 2.17 bits per heavy atom. The van der Waals surface area contributed by atoms with Crippen molar-refractivity contribution >= 4 is 56.1 Å². The molecule has 6 aromatic rings. The monoisotopic (exact) mass is 904 g/mol. The quantitative estimate of drug-likeness (QED) is 0.0462. The Kier molecular flexibility index (Phi) is 14.3. The van der Waals surface area contributed by atoms with Crippen LogP contribution in [-0.2, 0) is 17.1 Å². The highest BCUT2D eigenvalue weighted by Gasteiger charge is 2.27. The number of rotatable bonds is 17. The number of halogens is 1. The summed E-state index contributed by atoms with van der Waals surface area (Å²) in [6.07, 6.45) is 0.726. The summed E-state index contributed by atoms with van der Waals surface area (Å²) in [5.74, 6) is 0.128. The lowest BCUT2D eigenvalue weighted by molar-refractivity contribution is -0.384. The van der Waals surface area contributed by atoms with E-state index in [1.165, 1.54) is 24.3 Å². The van der Waals surface area contributed by atoms with Crippen molar-refractivity contribution < 1.29 is 22.5 Å². The molecule has 1 aliphatic heterocycles. The lowest BCUT2D eigenvalue weighted by Gasteiger charge is -2.37. The van der Waals surface area contributed by atoms with Crippen molar-refractivity contribution in [1.82, 2.24) is 14.8 Å². The standard InChI is InChI=1S/C48H53FN8O5S2/c1-33-45(48(58)50-2)46(47(54(33)5)34-14-16-36(49)17-15-34)35-10-9-11-40(30-35)56-28-26-55(27-29-56)39-20-18-37(19-21-39)52-64(61,62)42-22-23-43(44(31-42)57(59)60)51-38(24-25-53(3)4)32-63-41-12-7-6-8-13-41/h6-23,30-31,38,51-52H,24-29,32H2,1-5H3,(H,50,58). The van der Waals surface area contributed by atoms with Crippen LogP contribution in [0.4, 0.5) is 32.8 Å². The first-order valence-corrected chi connectivity index (χ1v) is 23.5. The number of nitrogens with zero attached hydrogens (tertiary/aromatic N) is 5. The second-order valence-electron chi connectivity index (χ2n) is 16.0. The molecule has 3 N–H and O–H groups in total. The minimum Gasteiger partial charge on any atom is -0.376 e. The predicted molar refractivity (Wildman–Crippen MR) is 257 cm³/mol. The third kappa shape index (κ3) is 10.5. The van der Waals surface area contributed by atoms with E-state index in [1.54, 1.807) is 43.1 Å². The average molecular weight is 905 g/mol. The van der Waals surface area contributed by atoms with Gasteiger partial charge in [0, 0.05) is 91.4 Å². The van der Waals surface area contributed by atoms with Gasteiger partial charge in [-0.1, -0.05) is 30.3 Å². The van der Waals surface area contributed by atoms with Crippen LogP contribution in [0, 0.1) is 22.9 Å². The molecule has 0 saturated carbocycles. The molecule has 5 aromatic carbocycles. The molecule has 0 spiro atoms. The lowest BCUT2D eigenvalue weighted by Crippen LogP contribution is -2.46. The molecule has 0 radical (unpaired) electrons. The smallest absolute Gasteiger partial charge is 0.293 e. The molecule has 1 saturated heterocycles. The van der Waals surface area contributed by atoms with Gasteiger partial charge >= 0.3 is 0 Å². The summed E-state index contributed by atoms with van der Waals surface area (Å²) in [4.78, 5) is 32.5. The van der Waals surface area contributed by atoms with Gasteiger partial charge in [-0.3, -0.25) is 19.6 Å². The molecule has 13 nitrogen and oxygen atoms in total. The highest BCUT2D eigenvalue weighted by atomic mass is 32.2. The number of hydrogen-bond acceptors (Lipinski definition) is 10. The van der Waals surface area contributed by atoms with E-state index in [9.17, 15) is 27.7 Å². The maximum atomic E-state index is 13.9. The first-order valence-electron chi connectivity index (χ1n) is 21.0. The highest BCUT2D eigenvalue weighted by molar-refractivity contribution is 7.99. The number of nitro benzene ring substituents is 1. The van der Waals surface area contributed by atoms with Crippen LogP contribution in [-0.4, -0.2) is 94.4 Å². The third-order valence-corrected chi connectivity index (χ3v) is 14.0. The van der Waals surface area contributed by atoms with Crippen LogP contribution >= 0.6 is 11.8 Å². The summed E-state index contributed by atoms with van der Waals surface area (Å²) in [6, 6.07) is 35.3. The largest absolute Gasteiger partial charge is 0.376 e. The van der Waals surface area contributed by atoms with Crippen molar-refractivity contribution in [2.45, 2.75) is 29.2 Å². The molecule has 0 aliphatic carbocycles. The van der Waals surface area contributed by atoms with Gasteiger partial charge in [-0.25, -0.2) is 12.8 Å². The number of benzene rings is 5. The number of nitrogens with one attached hydrogen (secondary N) is 3. The minimum atomic E-state index is -4.16. The van der Waals surface area contributed by atoms with E-state index in [-0.39, 0.29) is 34.0 Å². The van der Waals surface area contributed by atoms with E-state index in [0.717, 1.165) is 63.4 Å². The zero-order valence-corrected chi connectivity index (χ0v) is 38.2. The molecule has 334 valence electrons. The van der Waals surface area contributed by atoms with Gasteiger partial charge in [0.15, 0.2) is 0 Å². The molecule has 1 aliphatic rings. The number of piperazine rings is 1. The summed E-state index contributed by atoms with van der Waals surface area (Å²) < 4.78 is 45.7. The number of thioether (sulfide) groups is 1. The first-order chi connectivity index (χ1) is 30.7. The minimum absolute atomic E-state index is 0.114. The number of hydrogen-bond donors (Lipinski definition) is 3. The second-order valence-corrected chi connectivity index (χ2v) is 18.8. The molecule has 1 amide bonds. The maximum Gasteiger partial charge on any atom is 0.293 e. The van der Waals surface area contributed by atoms with Crippen LogP contribution in [0.15, 0.2) is 131 Å². The number of carbonyl (C=O) groups excluding carboxylic acids is 1. The van der Waals surface area contributed by atoms with E-state index >= 15 is 0 Å². The molecular formula is C48H53FN8O5S2. The zero-order valence-electron chi connectivity index (χ0n) is 36.5. The van der Waals surface area contributed by atoms with Gasteiger partial charge in [0.25, 0.3) is 21.6 Å². The van der Waals surface area contributed by atoms with Crippen molar-refractivity contribution in [1.29, 1.82) is 0 Å². The van der Waals surface area contributed by atoms with Crippen LogP contribution in [0.5, 0.6) is 0 Å². The summed E-state index contributed by atoms with van der Waals surface area (Å²) in [7, 11) is 3.31. The first kappa shape index (κ1) is 45.7. The normalized spacial score (nSPS) is 13.5. The molecule has 1 unspecified atom stereocenters. The highest BCUT2D eigenvalue weighted by Crippen LogP contribution is 2.40. The number of carbonyl (C=O) groups is 1. The number of anilines is 4. The lowest BCUT2D eigenvalue weighted by atomic mass is 9.96. The molecule has 1 aromatic heterocycles. The second kappa shape index (κ2) is 20.0. The summed E-state index contributed by atoms with van der Waals surface area (Å²) >= 11 is 1.65. The van der Waals surface area contributed by atoms with Gasteiger partial charge in [0.1, 0.15) is 11.5 Å². The van der Waals surface area contributed by atoms with E-state index in [0.29, 0.717) is 43.2 Å². The molecule has 64 heavy (non-hydrogen) atoms. The number of sulfonamides is 1. The van der Waals surface area contributed by atoms with Gasteiger partial charge in [-0.2, -0.15) is 0 Å². The van der Waals surface area contributed by atoms with Crippen molar-refractivity contribution in [2.75, 3.05) is 79.5 Å². The molecule has 1 atom stereocenters. The van der Waals surface area contributed by atoms with Crippen LogP contribution in [0.3, 0.4) is 0 Å². The van der Waals surface area contributed by atoms with Crippen molar-refractivity contribution in [2.24, 2.45) is 7.05 Å². The fraction of sp³-hybridized carbons (Fsp3) is 0.271. The Balaban J connectivity index is 1.02. The Morgan fingerprint density at radius 1 is 0.859 bits per heavy atom. The van der Waals surface area contributed by atoms with Crippen LogP contribution < -0.4 is 25.2 Å². The fourth-order valence-corrected chi connectivity index (χ4v) is 10.0. The molecule has 0 bridgehead atoms. The number of nitro groups is 1. The van der Waals surface area contributed by atoms with Crippen LogP contribution in [0.25, 0.3) is 22.4 Å². The summed E-state index contributed by atoms with van der Waals surface area (Å²) in [5.41, 5.74) is 6.85. The Labute approximate surface area is 378 Å². The van der Waals surface area contributed by atoms with Gasteiger partial charge < -0.3 is 29.9 Å². The van der Waals surface area contributed by atoms with Gasteiger partial charge in [0.2, 0.25) is 0 Å². The van der Waals surface area contributed by atoms with E-state index in [2.05, 4.69) is 42.2 Å². The topological polar surface area (TPSA) is 145 Å². The van der Waals surface area contributed by atoms with Crippen LogP contribution in [0.1, 0.15) is 22.5 Å². The van der Waals surface area contributed by atoms with Crippen molar-refractivity contribution in [3.63, 3.8) is 0 Å². The van der Waals surface area contributed by atoms with E-state index in [1.807, 2.05) is 87.2 Å². The van der Waals surface area contributed by atoms with Gasteiger partial charge in [0.05, 0.1) is 21.1 Å². The van der Waals surface area contributed by atoms with Crippen molar-refractivity contribution in [3.8, 4) is 22.4 Å². The Morgan fingerprint density at radius 2 is 1.53 bits per heavy atom. The third-order valence-electron chi connectivity index (χ3n) is 11.5. The number of amides is 1. The Bertz CT molecular complexity index is 2710. The summed E-state index contributed by atoms with van der Waals surface area (Å²) in [5, 5.41) is 18.4. The molecule has 1 fully saturated rings. The summed E-state index contributed by atoms with van der Waals surface area (Å²) in [6.45, 7) is 5.51. The molecule has 16 heteroatoms. The van der Waals surface area contributed by atoms with Gasteiger partial charge in [-0.15, -0.1) is 11.8 Å². The van der Waals surface area contributed by atoms with Gasteiger partial charge in [-0.05, 0) is 130 Å². The molecule has 7 rings (SSSR count). The predicted octanol–water partition coefficient (Wildman–Crippen LogP) is 8.73. The Hall–Kier alpha value is -6.36. The van der Waals surface area contributed by atoms with Crippen molar-refractivity contribution in [3.05, 3.63) is 149 Å². The SMILES string of the molecule is CNC(=O)c1c(-c2cccc(N3CCN(c4ccc(NS(=O)(=O)c5ccc(NC(CCN(C)C)CSc6ccccc6)c([N+](=O)[O-])c5)cc4)CC3)c2)c(-c2ccc(F)cc2)n(C)c1C. The average Bonchev–Trinajstić information content (AvgIpc) is 3.56.